The van der Waals surface area contributed by atoms with E-state index in [1.807, 2.05) is 60.8 Å². The summed E-state index contributed by atoms with van der Waals surface area (Å²) in [7, 11) is 2.12. The third-order valence-corrected chi connectivity index (χ3v) is 6.22. The van der Waals surface area contributed by atoms with E-state index in [0.717, 1.165) is 41.5 Å². The van der Waals surface area contributed by atoms with E-state index >= 15 is 0 Å². The van der Waals surface area contributed by atoms with Gasteiger partial charge in [0.2, 0.25) is 17.7 Å². The summed E-state index contributed by atoms with van der Waals surface area (Å²) in [6.45, 7) is 7.63. The molecule has 2 heterocycles. The molecule has 8 heteroatoms. The Labute approximate surface area is 198 Å². The van der Waals surface area contributed by atoms with Crippen LogP contribution in [0, 0.1) is 0 Å². The zero-order chi connectivity index (χ0) is 23.0. The summed E-state index contributed by atoms with van der Waals surface area (Å²) in [6, 6.07) is 17.6. The van der Waals surface area contributed by atoms with E-state index in [9.17, 15) is 4.79 Å². The van der Waals surface area contributed by atoms with E-state index in [0.29, 0.717) is 24.1 Å². The fourth-order valence-electron chi connectivity index (χ4n) is 3.36. The van der Waals surface area contributed by atoms with E-state index in [2.05, 4.69) is 33.7 Å². The van der Waals surface area contributed by atoms with Crippen LogP contribution in [0.3, 0.4) is 0 Å². The van der Waals surface area contributed by atoms with Crippen LogP contribution >= 0.6 is 11.8 Å². The highest BCUT2D eigenvalue weighted by atomic mass is 32.2. The van der Waals surface area contributed by atoms with Crippen LogP contribution in [0.25, 0.3) is 0 Å². The summed E-state index contributed by atoms with van der Waals surface area (Å²) in [4.78, 5) is 27.3. The Morgan fingerprint density at radius 3 is 2.70 bits per heavy atom. The Bertz CT molecular complexity index is 1100. The highest BCUT2D eigenvalue weighted by Gasteiger charge is 2.19. The summed E-state index contributed by atoms with van der Waals surface area (Å²) in [5.41, 5.74) is 1.77. The molecule has 1 aliphatic heterocycles. The zero-order valence-electron chi connectivity index (χ0n) is 18.6. The molecule has 0 spiro atoms. The van der Waals surface area contributed by atoms with Crippen LogP contribution in [-0.2, 0) is 11.4 Å². The third kappa shape index (κ3) is 6.34. The first-order valence-electron chi connectivity index (χ1n) is 10.8. The molecule has 0 aliphatic carbocycles. The van der Waals surface area contributed by atoms with E-state index in [1.165, 1.54) is 17.8 Å². The molecule has 0 atom stereocenters. The minimum atomic E-state index is -0.246. The average molecular weight is 462 g/mol. The Morgan fingerprint density at radius 1 is 1.15 bits per heavy atom. The van der Waals surface area contributed by atoms with Gasteiger partial charge >= 0.3 is 0 Å². The SMILES string of the molecule is C=CC(=O)Nc1cccc(Sc2cnc(N3CCN(C)CC3)nc2OCc2ccccc2)c1. The highest BCUT2D eigenvalue weighted by Crippen LogP contribution is 2.35. The lowest BCUT2D eigenvalue weighted by atomic mass is 10.2. The predicted octanol–water partition coefficient (Wildman–Crippen LogP) is 4.08. The number of carbonyl (C=O) groups excluding carboxylic acids is 1. The van der Waals surface area contributed by atoms with Crippen molar-refractivity contribution >= 4 is 29.3 Å². The number of piperazine rings is 1. The smallest absolute Gasteiger partial charge is 0.247 e. The molecule has 2 aromatic carbocycles. The molecule has 1 N–H and O–H groups in total. The normalized spacial score (nSPS) is 14.0. The van der Waals surface area contributed by atoms with Gasteiger partial charge in [0.1, 0.15) is 6.61 Å². The van der Waals surface area contributed by atoms with Crippen LogP contribution in [0.5, 0.6) is 5.88 Å². The minimum Gasteiger partial charge on any atom is -0.472 e. The van der Waals surface area contributed by atoms with Gasteiger partial charge in [-0.2, -0.15) is 4.98 Å². The number of nitrogens with zero attached hydrogens (tertiary/aromatic N) is 4. The summed E-state index contributed by atoms with van der Waals surface area (Å²) in [5, 5.41) is 2.79. The predicted molar refractivity (Wildman–Crippen MR) is 132 cm³/mol. The quantitative estimate of drug-likeness (QED) is 0.507. The second-order valence-electron chi connectivity index (χ2n) is 7.73. The molecule has 33 heavy (non-hydrogen) atoms. The number of aromatic nitrogens is 2. The molecular formula is C25H27N5O2S. The minimum absolute atomic E-state index is 0.246. The molecule has 0 radical (unpaired) electrons. The number of benzene rings is 2. The number of likely N-dealkylation sites (N-methyl/N-ethyl adjacent to an activating group) is 1. The largest absolute Gasteiger partial charge is 0.472 e. The first kappa shape index (κ1) is 22.8. The number of rotatable bonds is 8. The van der Waals surface area contributed by atoms with Crippen molar-refractivity contribution in [3.05, 3.63) is 79.0 Å². The van der Waals surface area contributed by atoms with Gasteiger partial charge in [0, 0.05) is 36.8 Å². The number of hydrogen-bond acceptors (Lipinski definition) is 7. The van der Waals surface area contributed by atoms with E-state index < -0.39 is 0 Å². The Balaban J connectivity index is 1.57. The molecule has 0 bridgehead atoms. The van der Waals surface area contributed by atoms with Crippen molar-refractivity contribution in [2.45, 2.75) is 16.4 Å². The fourth-order valence-corrected chi connectivity index (χ4v) is 4.25. The fraction of sp³-hybridized carbons (Fsp3) is 0.240. The van der Waals surface area contributed by atoms with Gasteiger partial charge in [0.25, 0.3) is 0 Å². The van der Waals surface area contributed by atoms with Gasteiger partial charge in [-0.1, -0.05) is 54.7 Å². The number of nitrogens with one attached hydrogen (secondary N) is 1. The summed E-state index contributed by atoms with van der Waals surface area (Å²) in [6.07, 6.45) is 3.07. The molecule has 1 amide bonds. The van der Waals surface area contributed by atoms with Crippen molar-refractivity contribution < 1.29 is 9.53 Å². The lowest BCUT2D eigenvalue weighted by Gasteiger charge is -2.32. The summed E-state index contributed by atoms with van der Waals surface area (Å²) < 4.78 is 6.17. The Kier molecular flexibility index (Phi) is 7.59. The van der Waals surface area contributed by atoms with Crippen molar-refractivity contribution in [2.75, 3.05) is 43.4 Å². The maximum absolute atomic E-state index is 11.6. The molecule has 1 aromatic heterocycles. The van der Waals surface area contributed by atoms with Crippen molar-refractivity contribution in [2.24, 2.45) is 0 Å². The summed E-state index contributed by atoms with van der Waals surface area (Å²) >= 11 is 1.50. The third-order valence-electron chi connectivity index (χ3n) is 5.23. The van der Waals surface area contributed by atoms with Crippen molar-refractivity contribution in [3.63, 3.8) is 0 Å². The first-order chi connectivity index (χ1) is 16.1. The van der Waals surface area contributed by atoms with Gasteiger partial charge in [-0.25, -0.2) is 4.98 Å². The summed E-state index contributed by atoms with van der Waals surface area (Å²) in [5.74, 6) is 0.986. The monoisotopic (exact) mass is 461 g/mol. The van der Waals surface area contributed by atoms with Gasteiger partial charge < -0.3 is 19.9 Å². The molecule has 0 saturated carbocycles. The number of carbonyl (C=O) groups is 1. The van der Waals surface area contributed by atoms with Gasteiger partial charge in [0.05, 0.1) is 11.1 Å². The van der Waals surface area contributed by atoms with Crippen LogP contribution in [0.2, 0.25) is 0 Å². The number of anilines is 2. The average Bonchev–Trinajstić information content (AvgIpc) is 2.85. The van der Waals surface area contributed by atoms with Gasteiger partial charge in [-0.3, -0.25) is 4.79 Å². The number of ether oxygens (including phenoxy) is 1. The number of hydrogen-bond donors (Lipinski definition) is 1. The van der Waals surface area contributed by atoms with Gasteiger partial charge in [-0.15, -0.1) is 0 Å². The highest BCUT2D eigenvalue weighted by molar-refractivity contribution is 7.99. The molecule has 7 nitrogen and oxygen atoms in total. The van der Waals surface area contributed by atoms with Crippen molar-refractivity contribution in [1.29, 1.82) is 0 Å². The molecular weight excluding hydrogens is 434 g/mol. The van der Waals surface area contributed by atoms with E-state index in [4.69, 9.17) is 9.72 Å². The molecule has 1 aliphatic rings. The molecule has 4 rings (SSSR count). The van der Waals surface area contributed by atoms with Crippen LogP contribution in [0.1, 0.15) is 5.56 Å². The molecule has 1 fully saturated rings. The van der Waals surface area contributed by atoms with Crippen molar-refractivity contribution in [3.8, 4) is 5.88 Å². The second-order valence-corrected chi connectivity index (χ2v) is 8.84. The van der Waals surface area contributed by atoms with Crippen LogP contribution < -0.4 is 15.0 Å². The lowest BCUT2D eigenvalue weighted by molar-refractivity contribution is -0.111. The Morgan fingerprint density at radius 2 is 1.94 bits per heavy atom. The van der Waals surface area contributed by atoms with Gasteiger partial charge in [-0.05, 0) is 36.9 Å². The molecule has 1 saturated heterocycles. The van der Waals surface area contributed by atoms with E-state index in [1.54, 1.807) is 0 Å². The van der Waals surface area contributed by atoms with Crippen LogP contribution in [-0.4, -0.2) is 54.0 Å². The van der Waals surface area contributed by atoms with Crippen molar-refractivity contribution in [1.82, 2.24) is 14.9 Å². The second kappa shape index (κ2) is 11.0. The van der Waals surface area contributed by atoms with E-state index in [-0.39, 0.29) is 5.91 Å². The maximum atomic E-state index is 11.6. The number of amides is 1. The molecule has 3 aromatic rings. The van der Waals surface area contributed by atoms with Crippen LogP contribution in [0.15, 0.2) is 83.2 Å². The maximum Gasteiger partial charge on any atom is 0.247 e. The molecule has 170 valence electrons. The first-order valence-corrected chi connectivity index (χ1v) is 11.6. The zero-order valence-corrected chi connectivity index (χ0v) is 19.4. The molecule has 0 unspecified atom stereocenters. The topological polar surface area (TPSA) is 70.6 Å². The lowest BCUT2D eigenvalue weighted by Crippen LogP contribution is -2.45. The standard InChI is InChI=1S/C25H27N5O2S/c1-3-23(31)27-20-10-7-11-21(16-20)33-22-17-26-25(30-14-12-29(2)13-15-30)28-24(22)32-18-19-8-5-4-6-9-19/h3-11,16-17H,1,12-15,18H2,2H3,(H,27,31). The Hall–Kier alpha value is -3.36. The van der Waals surface area contributed by atoms with Gasteiger partial charge in [0.15, 0.2) is 0 Å². The van der Waals surface area contributed by atoms with Crippen LogP contribution in [0.4, 0.5) is 11.6 Å².